The number of amidine groups is 1. The van der Waals surface area contributed by atoms with E-state index in [1.807, 2.05) is 47.5 Å². The number of hydrazone groups is 1. The molecule has 4 rings (SSSR count). The molecule has 1 unspecified atom stereocenters. The minimum Gasteiger partial charge on any atom is -0.399 e. The standard InChI is InChI=1S/C19H17ClN4OS/c1-19(14-3-6-16(21)7-4-14)9-12-2-5-15(20)8-13(12)10-22-24(19)18-23-17(25)11-26-18/h2-8,10H,9,11,21H2,1H3. The molecule has 132 valence electrons. The van der Waals surface area contributed by atoms with E-state index in [4.69, 9.17) is 17.3 Å². The van der Waals surface area contributed by atoms with E-state index in [9.17, 15) is 4.79 Å². The topological polar surface area (TPSA) is 71.0 Å². The summed E-state index contributed by atoms with van der Waals surface area (Å²) in [6.07, 6.45) is 2.48. The number of amides is 1. The SMILES string of the molecule is CC1(c2ccc(N)cc2)Cc2ccc(Cl)cc2C=NN1C1=NC(=O)CS1. The number of hydrogen-bond acceptors (Lipinski definition) is 5. The van der Waals surface area contributed by atoms with Crippen LogP contribution in [0.2, 0.25) is 5.02 Å². The van der Waals surface area contributed by atoms with Crippen LogP contribution in [0.25, 0.3) is 0 Å². The first-order chi connectivity index (χ1) is 12.5. The average Bonchev–Trinajstić information content (AvgIpc) is 2.97. The van der Waals surface area contributed by atoms with Gasteiger partial charge in [-0.15, -0.1) is 0 Å². The molecule has 1 atom stereocenters. The van der Waals surface area contributed by atoms with Crippen LogP contribution in [0.4, 0.5) is 5.69 Å². The van der Waals surface area contributed by atoms with Crippen LogP contribution in [0.5, 0.6) is 0 Å². The van der Waals surface area contributed by atoms with Gasteiger partial charge in [-0.3, -0.25) is 4.79 Å². The Morgan fingerprint density at radius 2 is 2.00 bits per heavy atom. The van der Waals surface area contributed by atoms with Gasteiger partial charge in [0.15, 0.2) is 5.17 Å². The quantitative estimate of drug-likeness (QED) is 0.761. The Kier molecular flexibility index (Phi) is 4.25. The summed E-state index contributed by atoms with van der Waals surface area (Å²) in [4.78, 5) is 15.9. The van der Waals surface area contributed by atoms with Crippen molar-refractivity contribution in [2.75, 3.05) is 11.5 Å². The van der Waals surface area contributed by atoms with Crippen LogP contribution in [-0.4, -0.2) is 28.1 Å². The minimum atomic E-state index is -0.514. The molecule has 0 saturated heterocycles. The van der Waals surface area contributed by atoms with E-state index in [-0.39, 0.29) is 5.91 Å². The van der Waals surface area contributed by atoms with Crippen LogP contribution >= 0.6 is 23.4 Å². The first-order valence-electron chi connectivity index (χ1n) is 8.19. The number of aliphatic imine (C=N–C) groups is 1. The molecular weight excluding hydrogens is 368 g/mol. The van der Waals surface area contributed by atoms with Gasteiger partial charge in [0.2, 0.25) is 0 Å². The molecule has 7 heteroatoms. The van der Waals surface area contributed by atoms with E-state index >= 15 is 0 Å². The summed E-state index contributed by atoms with van der Waals surface area (Å²) in [6.45, 7) is 2.10. The smallest absolute Gasteiger partial charge is 0.258 e. The molecule has 0 aromatic heterocycles. The van der Waals surface area contributed by atoms with Gasteiger partial charge in [-0.1, -0.05) is 41.6 Å². The van der Waals surface area contributed by atoms with Crippen molar-refractivity contribution >= 4 is 46.3 Å². The molecule has 2 heterocycles. The largest absolute Gasteiger partial charge is 0.399 e. The molecule has 26 heavy (non-hydrogen) atoms. The highest BCUT2D eigenvalue weighted by atomic mass is 35.5. The zero-order valence-electron chi connectivity index (χ0n) is 14.1. The van der Waals surface area contributed by atoms with E-state index < -0.39 is 5.54 Å². The Morgan fingerprint density at radius 1 is 1.23 bits per heavy atom. The predicted molar refractivity (Wildman–Crippen MR) is 108 cm³/mol. The molecule has 0 radical (unpaired) electrons. The number of rotatable bonds is 1. The normalized spacial score (nSPS) is 22.2. The second kappa shape index (κ2) is 6.45. The monoisotopic (exact) mass is 384 g/mol. The Hall–Kier alpha value is -2.31. The Labute approximate surface area is 160 Å². The Bertz CT molecular complexity index is 941. The number of carbonyl (C=O) groups is 1. The molecule has 0 aliphatic carbocycles. The molecule has 0 bridgehead atoms. The van der Waals surface area contributed by atoms with Crippen LogP contribution in [0.15, 0.2) is 52.6 Å². The van der Waals surface area contributed by atoms with Crippen LogP contribution in [0, 0.1) is 0 Å². The van der Waals surface area contributed by atoms with Crippen LogP contribution in [0.1, 0.15) is 23.6 Å². The number of nitrogens with two attached hydrogens (primary N) is 1. The summed E-state index contributed by atoms with van der Waals surface area (Å²) < 4.78 is 0. The summed E-state index contributed by atoms with van der Waals surface area (Å²) in [5, 5.41) is 7.82. The highest BCUT2D eigenvalue weighted by molar-refractivity contribution is 8.14. The molecule has 2 aromatic rings. The fraction of sp³-hybridized carbons (Fsp3) is 0.211. The summed E-state index contributed by atoms with van der Waals surface area (Å²) >= 11 is 7.57. The fourth-order valence-electron chi connectivity index (χ4n) is 3.27. The summed E-state index contributed by atoms with van der Waals surface area (Å²) in [5.74, 6) is 0.211. The molecule has 2 aromatic carbocycles. The van der Waals surface area contributed by atoms with Crippen molar-refractivity contribution < 1.29 is 4.79 Å². The van der Waals surface area contributed by atoms with Crippen molar-refractivity contribution in [3.8, 4) is 0 Å². The van der Waals surface area contributed by atoms with Gasteiger partial charge in [0, 0.05) is 17.1 Å². The van der Waals surface area contributed by atoms with Crippen LogP contribution in [0.3, 0.4) is 0 Å². The van der Waals surface area contributed by atoms with Gasteiger partial charge in [-0.05, 0) is 47.9 Å². The maximum absolute atomic E-state index is 11.7. The van der Waals surface area contributed by atoms with E-state index in [1.165, 1.54) is 11.8 Å². The molecule has 1 amide bonds. The van der Waals surface area contributed by atoms with Crippen molar-refractivity contribution in [1.82, 2.24) is 5.01 Å². The van der Waals surface area contributed by atoms with Gasteiger partial charge in [-0.2, -0.15) is 10.1 Å². The van der Waals surface area contributed by atoms with E-state index in [2.05, 4.69) is 17.0 Å². The second-order valence-corrected chi connectivity index (χ2v) is 7.93. The van der Waals surface area contributed by atoms with Crippen molar-refractivity contribution in [3.63, 3.8) is 0 Å². The number of halogens is 1. The molecule has 5 nitrogen and oxygen atoms in total. The predicted octanol–water partition coefficient (Wildman–Crippen LogP) is 3.66. The number of nitrogens with zero attached hydrogens (tertiary/aromatic N) is 3. The third-order valence-corrected chi connectivity index (χ3v) is 5.83. The first-order valence-corrected chi connectivity index (χ1v) is 9.55. The Morgan fingerprint density at radius 3 is 2.69 bits per heavy atom. The molecule has 0 spiro atoms. The number of anilines is 1. The average molecular weight is 385 g/mol. The molecule has 0 fully saturated rings. The molecule has 2 N–H and O–H groups in total. The zero-order chi connectivity index (χ0) is 18.3. The minimum absolute atomic E-state index is 0.135. The van der Waals surface area contributed by atoms with Gasteiger partial charge in [0.25, 0.3) is 5.91 Å². The first kappa shape index (κ1) is 17.1. The Balaban J connectivity index is 1.87. The second-order valence-electron chi connectivity index (χ2n) is 6.55. The van der Waals surface area contributed by atoms with E-state index in [0.29, 0.717) is 28.1 Å². The lowest BCUT2D eigenvalue weighted by atomic mass is 9.84. The highest BCUT2D eigenvalue weighted by Gasteiger charge is 2.40. The maximum atomic E-state index is 11.7. The lowest BCUT2D eigenvalue weighted by molar-refractivity contribution is -0.115. The lowest BCUT2D eigenvalue weighted by Gasteiger charge is -2.38. The zero-order valence-corrected chi connectivity index (χ0v) is 15.7. The van der Waals surface area contributed by atoms with Crippen molar-refractivity contribution in [2.45, 2.75) is 18.9 Å². The van der Waals surface area contributed by atoms with Crippen molar-refractivity contribution in [3.05, 3.63) is 64.2 Å². The summed E-state index contributed by atoms with van der Waals surface area (Å²) in [5.41, 5.74) is 9.21. The molecule has 0 saturated carbocycles. The van der Waals surface area contributed by atoms with E-state index in [1.54, 1.807) is 6.21 Å². The number of hydrogen-bond donors (Lipinski definition) is 1. The van der Waals surface area contributed by atoms with Crippen molar-refractivity contribution in [1.29, 1.82) is 0 Å². The van der Waals surface area contributed by atoms with Crippen LogP contribution < -0.4 is 5.73 Å². The molecule has 2 aliphatic heterocycles. The number of nitrogen functional groups attached to an aromatic ring is 1. The van der Waals surface area contributed by atoms with Crippen LogP contribution in [-0.2, 0) is 16.8 Å². The van der Waals surface area contributed by atoms with Gasteiger partial charge >= 0.3 is 0 Å². The van der Waals surface area contributed by atoms with E-state index in [0.717, 1.165) is 16.7 Å². The molecular formula is C19H17ClN4OS. The summed E-state index contributed by atoms with van der Waals surface area (Å²) in [6, 6.07) is 13.6. The number of thioether (sulfide) groups is 1. The third kappa shape index (κ3) is 2.99. The number of fused-ring (bicyclic) bond motifs is 1. The van der Waals surface area contributed by atoms with Gasteiger partial charge < -0.3 is 5.73 Å². The van der Waals surface area contributed by atoms with Gasteiger partial charge in [0.05, 0.1) is 17.5 Å². The van der Waals surface area contributed by atoms with Gasteiger partial charge in [-0.25, -0.2) is 5.01 Å². The fourth-order valence-corrected chi connectivity index (χ4v) is 4.31. The number of carbonyl (C=O) groups excluding carboxylic acids is 1. The highest BCUT2D eigenvalue weighted by Crippen LogP contribution is 2.38. The van der Waals surface area contributed by atoms with Crippen molar-refractivity contribution in [2.24, 2.45) is 10.1 Å². The maximum Gasteiger partial charge on any atom is 0.258 e. The third-order valence-electron chi connectivity index (χ3n) is 4.68. The molecule has 2 aliphatic rings. The number of benzene rings is 2. The van der Waals surface area contributed by atoms with Gasteiger partial charge in [0.1, 0.15) is 0 Å². The summed E-state index contributed by atoms with van der Waals surface area (Å²) in [7, 11) is 0. The lowest BCUT2D eigenvalue weighted by Crippen LogP contribution is -2.44.